The second-order valence-corrected chi connectivity index (χ2v) is 4.48. The summed E-state index contributed by atoms with van der Waals surface area (Å²) >= 11 is 0. The van der Waals surface area contributed by atoms with Crippen LogP contribution in [0.25, 0.3) is 11.3 Å². The van der Waals surface area contributed by atoms with Gasteiger partial charge in [-0.1, -0.05) is 12.1 Å². The van der Waals surface area contributed by atoms with Crippen LogP contribution >= 0.6 is 0 Å². The minimum atomic E-state index is -4.40. The van der Waals surface area contributed by atoms with Crippen molar-refractivity contribution in [1.82, 2.24) is 9.78 Å². The van der Waals surface area contributed by atoms with Gasteiger partial charge in [-0.2, -0.15) is 18.3 Å². The summed E-state index contributed by atoms with van der Waals surface area (Å²) in [6.07, 6.45) is -4.40. The van der Waals surface area contributed by atoms with Crippen molar-refractivity contribution >= 4 is 5.97 Å². The fourth-order valence-electron chi connectivity index (χ4n) is 1.85. The molecule has 1 aromatic carbocycles. The molecular formula is C14H13F3N2O2. The highest BCUT2D eigenvalue weighted by atomic mass is 19.4. The number of nitrogens with zero attached hydrogens (tertiary/aromatic N) is 2. The van der Waals surface area contributed by atoms with Gasteiger partial charge in [-0.15, -0.1) is 0 Å². The molecule has 4 nitrogen and oxygen atoms in total. The first kappa shape index (κ1) is 15.1. The molecule has 112 valence electrons. The van der Waals surface area contributed by atoms with Crippen LogP contribution in [0.1, 0.15) is 11.3 Å². The normalized spacial score (nSPS) is 11.5. The molecule has 0 saturated carbocycles. The Kier molecular flexibility index (Phi) is 4.02. The molecule has 0 aliphatic carbocycles. The van der Waals surface area contributed by atoms with Crippen LogP contribution < -0.4 is 0 Å². The second kappa shape index (κ2) is 5.59. The van der Waals surface area contributed by atoms with E-state index in [4.69, 9.17) is 0 Å². The lowest BCUT2D eigenvalue weighted by Crippen LogP contribution is -2.13. The number of halogens is 3. The van der Waals surface area contributed by atoms with Crippen LogP contribution in [-0.2, 0) is 22.3 Å². The van der Waals surface area contributed by atoms with Crippen LogP contribution in [0.15, 0.2) is 30.3 Å². The lowest BCUT2D eigenvalue weighted by atomic mass is 10.1. The highest BCUT2D eigenvalue weighted by molar-refractivity contribution is 5.69. The zero-order valence-corrected chi connectivity index (χ0v) is 11.4. The standard InChI is InChI=1S/C14H13F3N2O2/c1-9-6-12(18-19(9)8-13(20)21-2)10-4-3-5-11(7-10)14(15,16)17/h3-7H,8H2,1-2H3. The van der Waals surface area contributed by atoms with E-state index in [1.807, 2.05) is 0 Å². The van der Waals surface area contributed by atoms with Crippen LogP contribution in [0, 0.1) is 6.92 Å². The summed E-state index contributed by atoms with van der Waals surface area (Å²) in [5.41, 5.74) is 0.645. The number of esters is 1. The molecule has 0 spiro atoms. The Hall–Kier alpha value is -2.31. The van der Waals surface area contributed by atoms with Gasteiger partial charge in [-0.05, 0) is 25.1 Å². The van der Waals surface area contributed by atoms with Crippen molar-refractivity contribution in [2.75, 3.05) is 7.11 Å². The lowest BCUT2D eigenvalue weighted by Gasteiger charge is -2.07. The molecular weight excluding hydrogens is 285 g/mol. The number of methoxy groups -OCH3 is 1. The van der Waals surface area contributed by atoms with Crippen molar-refractivity contribution in [3.05, 3.63) is 41.6 Å². The molecule has 7 heteroatoms. The molecule has 21 heavy (non-hydrogen) atoms. The average molecular weight is 298 g/mol. The van der Waals surface area contributed by atoms with Crippen LogP contribution in [0.5, 0.6) is 0 Å². The van der Waals surface area contributed by atoms with Gasteiger partial charge < -0.3 is 4.74 Å². The van der Waals surface area contributed by atoms with Crippen molar-refractivity contribution in [3.8, 4) is 11.3 Å². The molecule has 2 rings (SSSR count). The predicted octanol–water partition coefficient (Wildman–Crippen LogP) is 3.05. The smallest absolute Gasteiger partial charge is 0.416 e. The maximum Gasteiger partial charge on any atom is 0.416 e. The molecule has 0 N–H and O–H groups in total. The predicted molar refractivity (Wildman–Crippen MR) is 69.4 cm³/mol. The fourth-order valence-corrected chi connectivity index (χ4v) is 1.85. The van der Waals surface area contributed by atoms with Gasteiger partial charge in [0, 0.05) is 11.3 Å². The summed E-state index contributed by atoms with van der Waals surface area (Å²) in [6, 6.07) is 6.52. The maximum atomic E-state index is 12.7. The van der Waals surface area contributed by atoms with Gasteiger partial charge in [0.2, 0.25) is 0 Å². The zero-order valence-electron chi connectivity index (χ0n) is 11.4. The minimum Gasteiger partial charge on any atom is -0.468 e. The molecule has 0 radical (unpaired) electrons. The van der Waals surface area contributed by atoms with E-state index >= 15 is 0 Å². The van der Waals surface area contributed by atoms with Gasteiger partial charge >= 0.3 is 12.1 Å². The fraction of sp³-hybridized carbons (Fsp3) is 0.286. The van der Waals surface area contributed by atoms with E-state index in [0.717, 1.165) is 12.1 Å². The maximum absolute atomic E-state index is 12.7. The SMILES string of the molecule is COC(=O)Cn1nc(-c2cccc(C(F)(F)F)c2)cc1C. The third kappa shape index (κ3) is 3.42. The first-order valence-corrected chi connectivity index (χ1v) is 6.10. The largest absolute Gasteiger partial charge is 0.468 e. The Balaban J connectivity index is 2.35. The molecule has 0 atom stereocenters. The number of rotatable bonds is 3. The van der Waals surface area contributed by atoms with Crippen molar-refractivity contribution < 1.29 is 22.7 Å². The summed E-state index contributed by atoms with van der Waals surface area (Å²) in [5, 5.41) is 4.14. The Labute approximate surface area is 119 Å². The topological polar surface area (TPSA) is 44.1 Å². The van der Waals surface area contributed by atoms with E-state index in [2.05, 4.69) is 9.84 Å². The lowest BCUT2D eigenvalue weighted by molar-refractivity contribution is -0.141. The Morgan fingerprint density at radius 2 is 2.05 bits per heavy atom. The van der Waals surface area contributed by atoms with Crippen molar-refractivity contribution in [1.29, 1.82) is 0 Å². The number of ether oxygens (including phenoxy) is 1. The third-order valence-corrected chi connectivity index (χ3v) is 2.97. The number of aromatic nitrogens is 2. The van der Waals surface area contributed by atoms with Crippen molar-refractivity contribution in [2.24, 2.45) is 0 Å². The van der Waals surface area contributed by atoms with Crippen LogP contribution in [0.2, 0.25) is 0 Å². The van der Waals surface area contributed by atoms with E-state index in [0.29, 0.717) is 17.0 Å². The summed E-state index contributed by atoms with van der Waals surface area (Å²) in [5.74, 6) is -0.475. The van der Waals surface area contributed by atoms with Gasteiger partial charge in [0.25, 0.3) is 0 Å². The summed E-state index contributed by atoms with van der Waals surface area (Å²) < 4.78 is 44.0. The third-order valence-electron chi connectivity index (χ3n) is 2.97. The Bertz CT molecular complexity index is 662. The van der Waals surface area contributed by atoms with Gasteiger partial charge in [-0.3, -0.25) is 9.48 Å². The minimum absolute atomic E-state index is 0.0820. The highest BCUT2D eigenvalue weighted by Crippen LogP contribution is 2.31. The quantitative estimate of drug-likeness (QED) is 0.818. The molecule has 0 fully saturated rings. The number of hydrogen-bond acceptors (Lipinski definition) is 3. The van der Waals surface area contributed by atoms with Crippen LogP contribution in [0.3, 0.4) is 0 Å². The van der Waals surface area contributed by atoms with Gasteiger partial charge in [0.15, 0.2) is 0 Å². The molecule has 1 heterocycles. The summed E-state index contributed by atoms with van der Waals surface area (Å²) in [6.45, 7) is 1.63. The first-order valence-electron chi connectivity index (χ1n) is 6.10. The molecule has 0 aliphatic heterocycles. The van der Waals surface area contributed by atoms with E-state index in [9.17, 15) is 18.0 Å². The number of carbonyl (C=O) groups is 1. The molecule has 0 amide bonds. The Morgan fingerprint density at radius 3 is 2.67 bits per heavy atom. The van der Waals surface area contributed by atoms with Crippen molar-refractivity contribution in [3.63, 3.8) is 0 Å². The molecule has 0 bridgehead atoms. The van der Waals surface area contributed by atoms with Crippen LogP contribution in [0.4, 0.5) is 13.2 Å². The van der Waals surface area contributed by atoms with E-state index in [-0.39, 0.29) is 6.54 Å². The van der Waals surface area contributed by atoms with E-state index in [1.54, 1.807) is 19.1 Å². The first-order chi connectivity index (χ1) is 9.81. The van der Waals surface area contributed by atoms with E-state index < -0.39 is 17.7 Å². The van der Waals surface area contributed by atoms with Gasteiger partial charge in [-0.25, -0.2) is 0 Å². The second-order valence-electron chi connectivity index (χ2n) is 4.48. The van der Waals surface area contributed by atoms with E-state index in [1.165, 1.54) is 17.9 Å². The van der Waals surface area contributed by atoms with Gasteiger partial charge in [0.05, 0.1) is 18.4 Å². The molecule has 0 unspecified atom stereocenters. The molecule has 0 aliphatic rings. The highest BCUT2D eigenvalue weighted by Gasteiger charge is 2.30. The van der Waals surface area contributed by atoms with Crippen molar-refractivity contribution in [2.45, 2.75) is 19.6 Å². The number of alkyl halides is 3. The monoisotopic (exact) mass is 298 g/mol. The Morgan fingerprint density at radius 1 is 1.33 bits per heavy atom. The van der Waals surface area contributed by atoms with Crippen LogP contribution in [-0.4, -0.2) is 22.9 Å². The molecule has 2 aromatic rings. The molecule has 0 saturated heterocycles. The zero-order chi connectivity index (χ0) is 15.6. The summed E-state index contributed by atoms with van der Waals surface area (Å²) in [4.78, 5) is 11.2. The molecule has 1 aromatic heterocycles. The van der Waals surface area contributed by atoms with Gasteiger partial charge in [0.1, 0.15) is 6.54 Å². The number of hydrogen-bond donors (Lipinski definition) is 0. The number of benzene rings is 1. The average Bonchev–Trinajstić information content (AvgIpc) is 2.79. The summed E-state index contributed by atoms with van der Waals surface area (Å²) in [7, 11) is 1.26. The number of aryl methyl sites for hydroxylation is 1. The number of carbonyl (C=O) groups excluding carboxylic acids is 1.